The van der Waals surface area contributed by atoms with Gasteiger partial charge in [0.1, 0.15) is 11.6 Å². The highest BCUT2D eigenvalue weighted by molar-refractivity contribution is 6.14. The van der Waals surface area contributed by atoms with Crippen molar-refractivity contribution in [3.05, 3.63) is 237 Å². The molecule has 6 heteroatoms. The molecule has 0 unspecified atom stereocenters. The van der Waals surface area contributed by atoms with Crippen LogP contribution in [0.15, 0.2) is 176 Å². The second kappa shape index (κ2) is 18.4. The van der Waals surface area contributed by atoms with Crippen LogP contribution in [0, 0.1) is 73.6 Å². The van der Waals surface area contributed by atoms with Gasteiger partial charge in [-0.15, -0.1) is 0 Å². The van der Waals surface area contributed by atoms with E-state index < -0.39 is 11.7 Å². The molecule has 0 N–H and O–H groups in total. The van der Waals surface area contributed by atoms with E-state index in [4.69, 9.17) is 0 Å². The Bertz CT molecular complexity index is 4390. The predicted octanol–water partition coefficient (Wildman–Crippen LogP) is 19.9. The first-order valence-corrected chi connectivity index (χ1v) is 26.2. The molecule has 2 heterocycles. The van der Waals surface area contributed by atoms with Crippen LogP contribution in [0.2, 0.25) is 0 Å². The van der Waals surface area contributed by atoms with Crippen molar-refractivity contribution in [3.8, 4) is 73.1 Å². The molecule has 0 saturated carbocycles. The Balaban J connectivity index is 1.27. The summed E-state index contributed by atoms with van der Waals surface area (Å²) >= 11 is 0. The van der Waals surface area contributed by atoms with Crippen LogP contribution in [-0.4, -0.2) is 9.13 Å². The van der Waals surface area contributed by atoms with Crippen LogP contribution in [0.3, 0.4) is 0 Å². The van der Waals surface area contributed by atoms with Gasteiger partial charge in [-0.1, -0.05) is 156 Å². The fourth-order valence-corrected chi connectivity index (χ4v) is 12.0. The Morgan fingerprint density at radius 3 is 1.35 bits per heavy atom. The molecule has 0 radical (unpaired) electrons. The molecule has 2 aromatic heterocycles. The van der Waals surface area contributed by atoms with E-state index in [1.54, 1.807) is 13.0 Å². The normalized spacial score (nSPS) is 11.9. The lowest BCUT2D eigenvalue weighted by Gasteiger charge is -2.23. The van der Waals surface area contributed by atoms with Gasteiger partial charge in [0.15, 0.2) is 0 Å². The van der Waals surface area contributed by atoms with Gasteiger partial charge in [-0.25, -0.2) is 0 Å². The molecule has 0 fully saturated rings. The van der Waals surface area contributed by atoms with E-state index >= 15 is 13.2 Å². The van der Waals surface area contributed by atoms with Crippen LogP contribution in [0.4, 0.5) is 13.2 Å². The Morgan fingerprint density at radius 2 is 0.818 bits per heavy atom. The van der Waals surface area contributed by atoms with Gasteiger partial charge in [0, 0.05) is 27.1 Å². The molecule has 0 aliphatic heterocycles. The largest absolute Gasteiger partial charge is 0.417 e. The van der Waals surface area contributed by atoms with Gasteiger partial charge in [-0.2, -0.15) is 18.4 Å². The lowest BCUT2D eigenvalue weighted by molar-refractivity contribution is -0.137. The zero-order valence-corrected chi connectivity index (χ0v) is 44.7. The summed E-state index contributed by atoms with van der Waals surface area (Å²) in [6.07, 6.45) is -4.71. The standard InChI is InChI=1S/C71H56F3N3/c1-40-14-23-54(47(8)31-40)51-20-26-56-57-27-21-52(55-24-15-41(2)32-48(55)9)37-66(57)76(65(56)36-51)64-30-29-60(69-45(6)11-10-12-63(69)71(72,73)74)70(62(64)39-75)77-67-35-50(49-18-17-43(4)46(7)34-49)19-25-58(67)59-28-22-53(38-68(59)77)61-33-42(3)13-16-44(61)5/h10-38H,1-9H3. The summed E-state index contributed by atoms with van der Waals surface area (Å²) < 4.78 is 51.4. The molecular formula is C71H56F3N3. The molecule has 10 aromatic carbocycles. The molecule has 0 aliphatic carbocycles. The highest BCUT2D eigenvalue weighted by atomic mass is 19.4. The van der Waals surface area contributed by atoms with Crippen LogP contribution < -0.4 is 0 Å². The number of aromatic nitrogens is 2. The van der Waals surface area contributed by atoms with Gasteiger partial charge in [-0.3, -0.25) is 0 Å². The topological polar surface area (TPSA) is 33.6 Å². The minimum Gasteiger partial charge on any atom is -0.308 e. The van der Waals surface area contributed by atoms with Gasteiger partial charge in [-0.05, 0) is 182 Å². The molecule has 12 rings (SSSR count). The summed E-state index contributed by atoms with van der Waals surface area (Å²) in [6, 6.07) is 62.4. The Labute approximate surface area is 447 Å². The summed E-state index contributed by atoms with van der Waals surface area (Å²) in [4.78, 5) is 0. The van der Waals surface area contributed by atoms with E-state index in [-0.39, 0.29) is 11.1 Å². The van der Waals surface area contributed by atoms with E-state index in [0.717, 1.165) is 122 Å². The maximum Gasteiger partial charge on any atom is 0.417 e. The van der Waals surface area contributed by atoms with Crippen molar-refractivity contribution < 1.29 is 13.2 Å². The molecule has 12 aromatic rings. The molecule has 77 heavy (non-hydrogen) atoms. The van der Waals surface area contributed by atoms with E-state index in [0.29, 0.717) is 22.5 Å². The summed E-state index contributed by atoms with van der Waals surface area (Å²) in [7, 11) is 0. The minimum absolute atomic E-state index is 0.0283. The van der Waals surface area contributed by atoms with Crippen molar-refractivity contribution >= 4 is 43.6 Å². The second-order valence-corrected chi connectivity index (χ2v) is 21.3. The van der Waals surface area contributed by atoms with Gasteiger partial charge in [0.2, 0.25) is 0 Å². The lowest BCUT2D eigenvalue weighted by Crippen LogP contribution is -2.11. The van der Waals surface area contributed by atoms with Gasteiger partial charge in [0.05, 0.1) is 39.0 Å². The first-order valence-electron chi connectivity index (χ1n) is 26.2. The summed E-state index contributed by atoms with van der Waals surface area (Å²) in [5, 5.41) is 16.0. The third-order valence-electron chi connectivity index (χ3n) is 16.0. The zero-order chi connectivity index (χ0) is 53.8. The van der Waals surface area contributed by atoms with Crippen molar-refractivity contribution in [2.24, 2.45) is 0 Å². The Morgan fingerprint density at radius 1 is 0.364 bits per heavy atom. The van der Waals surface area contributed by atoms with Crippen LogP contribution >= 0.6 is 0 Å². The smallest absolute Gasteiger partial charge is 0.308 e. The average Bonchev–Trinajstić information content (AvgIpc) is 4.04. The first-order chi connectivity index (χ1) is 37.0. The minimum atomic E-state index is -4.71. The number of rotatable bonds is 7. The molecule has 0 amide bonds. The number of benzene rings is 10. The van der Waals surface area contributed by atoms with Crippen molar-refractivity contribution in [1.29, 1.82) is 5.26 Å². The zero-order valence-electron chi connectivity index (χ0n) is 44.7. The monoisotopic (exact) mass is 1010 g/mol. The molecule has 0 bridgehead atoms. The maximum atomic E-state index is 15.7. The highest BCUT2D eigenvalue weighted by Crippen LogP contribution is 2.48. The number of fused-ring (bicyclic) bond motifs is 6. The predicted molar refractivity (Wildman–Crippen MR) is 315 cm³/mol. The van der Waals surface area contributed by atoms with E-state index in [2.05, 4.69) is 216 Å². The van der Waals surface area contributed by atoms with Crippen molar-refractivity contribution in [3.63, 3.8) is 0 Å². The number of nitrogens with zero attached hydrogens (tertiary/aromatic N) is 3. The average molecular weight is 1010 g/mol. The second-order valence-electron chi connectivity index (χ2n) is 21.3. The van der Waals surface area contributed by atoms with Gasteiger partial charge < -0.3 is 9.13 Å². The summed E-state index contributed by atoms with van der Waals surface area (Å²) in [5.41, 5.74) is 21.7. The number of halogens is 3. The lowest BCUT2D eigenvalue weighted by atomic mass is 9.91. The molecule has 0 saturated heterocycles. The maximum absolute atomic E-state index is 15.7. The molecular weight excluding hydrogens is 952 g/mol. The third-order valence-corrected chi connectivity index (χ3v) is 16.0. The Kier molecular flexibility index (Phi) is 11.7. The number of alkyl halides is 3. The Hall–Kier alpha value is -8.92. The molecule has 0 atom stereocenters. The van der Waals surface area contributed by atoms with Crippen molar-refractivity contribution in [1.82, 2.24) is 9.13 Å². The number of nitriles is 1. The first kappa shape index (κ1) is 49.0. The summed E-state index contributed by atoms with van der Waals surface area (Å²) in [5.74, 6) is 0. The van der Waals surface area contributed by atoms with Crippen LogP contribution in [0.5, 0.6) is 0 Å². The van der Waals surface area contributed by atoms with Crippen molar-refractivity contribution in [2.75, 3.05) is 0 Å². The highest BCUT2D eigenvalue weighted by Gasteiger charge is 2.36. The van der Waals surface area contributed by atoms with Crippen LogP contribution in [0.25, 0.3) is 111 Å². The molecule has 0 spiro atoms. The number of aryl methyl sites for hydroxylation is 9. The van der Waals surface area contributed by atoms with E-state index in [9.17, 15) is 5.26 Å². The number of hydrogen-bond donors (Lipinski definition) is 0. The molecule has 3 nitrogen and oxygen atoms in total. The van der Waals surface area contributed by atoms with Crippen LogP contribution in [-0.2, 0) is 6.18 Å². The number of hydrogen-bond acceptors (Lipinski definition) is 1. The van der Waals surface area contributed by atoms with Gasteiger partial charge in [0.25, 0.3) is 0 Å². The third kappa shape index (κ3) is 8.21. The molecule has 376 valence electrons. The molecule has 0 aliphatic rings. The van der Waals surface area contributed by atoms with Crippen molar-refractivity contribution in [2.45, 2.75) is 68.5 Å². The van der Waals surface area contributed by atoms with Crippen LogP contribution in [0.1, 0.15) is 61.2 Å². The fraction of sp³-hybridized carbons (Fsp3) is 0.141. The van der Waals surface area contributed by atoms with E-state index in [1.807, 2.05) is 12.1 Å². The fourth-order valence-electron chi connectivity index (χ4n) is 12.0. The van der Waals surface area contributed by atoms with E-state index in [1.165, 1.54) is 22.8 Å². The SMILES string of the molecule is Cc1ccc(-c2ccc3c4ccc(-c5ccc(C)cc5C)cc4n(-c4ccc(-c5c(C)cccc5C(F)(F)F)c(-n5c6cc(-c7ccc(C)c(C)c7)ccc6c6ccc(-c7cc(C)ccc7C)cc65)c4C#N)c3c2)c(C)c1. The van der Waals surface area contributed by atoms with Gasteiger partial charge >= 0.3 is 6.18 Å². The summed E-state index contributed by atoms with van der Waals surface area (Å²) in [6.45, 7) is 18.5. The quantitative estimate of drug-likeness (QED) is 0.157.